The van der Waals surface area contributed by atoms with E-state index in [9.17, 15) is 4.79 Å². The van der Waals surface area contributed by atoms with Crippen molar-refractivity contribution in [3.63, 3.8) is 0 Å². The topological polar surface area (TPSA) is 20.3 Å². The van der Waals surface area contributed by atoms with Crippen molar-refractivity contribution in [2.45, 2.75) is 45.1 Å². The largest absolute Gasteiger partial charge is 0.334 e. The second-order valence-electron chi connectivity index (χ2n) is 6.25. The molecular weight excluding hydrogens is 258 g/mol. The van der Waals surface area contributed by atoms with E-state index in [4.69, 9.17) is 11.6 Å². The maximum Gasteiger partial charge on any atom is 0.254 e. The predicted molar refractivity (Wildman–Crippen MR) is 79.9 cm³/mol. The van der Waals surface area contributed by atoms with Crippen LogP contribution in [-0.2, 0) is 5.41 Å². The van der Waals surface area contributed by atoms with Gasteiger partial charge in [0.1, 0.15) is 0 Å². The van der Waals surface area contributed by atoms with Gasteiger partial charge in [0.05, 0.1) is 0 Å². The van der Waals surface area contributed by atoms with Gasteiger partial charge in [0.2, 0.25) is 0 Å². The SMILES string of the molecule is CC(C)(C)c1ccc(C(=O)N(CCCl)C2CC2)cc1. The molecule has 19 heavy (non-hydrogen) atoms. The van der Waals surface area contributed by atoms with Gasteiger partial charge in [-0.15, -0.1) is 11.6 Å². The molecule has 1 aliphatic carbocycles. The van der Waals surface area contributed by atoms with Gasteiger partial charge in [-0.2, -0.15) is 0 Å². The number of alkyl halides is 1. The van der Waals surface area contributed by atoms with Crippen molar-refractivity contribution < 1.29 is 4.79 Å². The van der Waals surface area contributed by atoms with Crippen LogP contribution in [0.1, 0.15) is 49.5 Å². The third-order valence-corrected chi connectivity index (χ3v) is 3.74. The van der Waals surface area contributed by atoms with Gasteiger partial charge in [0.15, 0.2) is 0 Å². The van der Waals surface area contributed by atoms with Crippen LogP contribution < -0.4 is 0 Å². The van der Waals surface area contributed by atoms with E-state index in [1.54, 1.807) is 0 Å². The zero-order chi connectivity index (χ0) is 14.0. The van der Waals surface area contributed by atoms with E-state index in [-0.39, 0.29) is 11.3 Å². The van der Waals surface area contributed by atoms with E-state index in [0.29, 0.717) is 18.5 Å². The molecule has 1 aromatic carbocycles. The summed E-state index contributed by atoms with van der Waals surface area (Å²) in [6.07, 6.45) is 2.23. The maximum atomic E-state index is 12.4. The molecule has 0 unspecified atom stereocenters. The van der Waals surface area contributed by atoms with Crippen molar-refractivity contribution >= 4 is 17.5 Å². The van der Waals surface area contributed by atoms with Crippen LogP contribution in [0, 0.1) is 0 Å². The molecule has 1 aliphatic rings. The molecule has 1 saturated carbocycles. The zero-order valence-electron chi connectivity index (χ0n) is 11.9. The van der Waals surface area contributed by atoms with Crippen molar-refractivity contribution in [1.29, 1.82) is 0 Å². The van der Waals surface area contributed by atoms with Gasteiger partial charge in [0.25, 0.3) is 5.91 Å². The molecule has 2 rings (SSSR count). The smallest absolute Gasteiger partial charge is 0.254 e. The Bertz CT molecular complexity index is 443. The van der Waals surface area contributed by atoms with Gasteiger partial charge >= 0.3 is 0 Å². The van der Waals surface area contributed by atoms with Gasteiger partial charge < -0.3 is 4.90 Å². The highest BCUT2D eigenvalue weighted by Crippen LogP contribution is 2.29. The van der Waals surface area contributed by atoms with Crippen LogP contribution in [0.5, 0.6) is 0 Å². The number of amides is 1. The quantitative estimate of drug-likeness (QED) is 0.767. The number of halogens is 1. The normalized spacial score (nSPS) is 15.4. The Morgan fingerprint density at radius 1 is 1.26 bits per heavy atom. The van der Waals surface area contributed by atoms with Crippen LogP contribution in [0.25, 0.3) is 0 Å². The lowest BCUT2D eigenvalue weighted by Gasteiger charge is -2.23. The molecule has 0 radical (unpaired) electrons. The average Bonchev–Trinajstić information content (AvgIpc) is 3.18. The summed E-state index contributed by atoms with van der Waals surface area (Å²) in [5.74, 6) is 0.617. The Kier molecular flexibility index (Phi) is 4.19. The Hall–Kier alpha value is -1.02. The number of carbonyl (C=O) groups is 1. The number of benzene rings is 1. The molecule has 0 saturated heterocycles. The highest BCUT2D eigenvalue weighted by molar-refractivity contribution is 6.18. The van der Waals surface area contributed by atoms with E-state index in [0.717, 1.165) is 18.4 Å². The lowest BCUT2D eigenvalue weighted by Crippen LogP contribution is -2.34. The first-order chi connectivity index (χ1) is 8.93. The third-order valence-electron chi connectivity index (χ3n) is 3.57. The number of hydrogen-bond acceptors (Lipinski definition) is 1. The summed E-state index contributed by atoms with van der Waals surface area (Å²) in [6, 6.07) is 8.39. The van der Waals surface area contributed by atoms with Crippen molar-refractivity contribution in [1.82, 2.24) is 4.90 Å². The van der Waals surface area contributed by atoms with Crippen LogP contribution in [0.2, 0.25) is 0 Å². The first-order valence-corrected chi connectivity index (χ1v) is 7.44. The first-order valence-electron chi connectivity index (χ1n) is 6.91. The minimum absolute atomic E-state index is 0.114. The Morgan fingerprint density at radius 3 is 2.26 bits per heavy atom. The lowest BCUT2D eigenvalue weighted by molar-refractivity contribution is 0.0753. The summed E-state index contributed by atoms with van der Waals surface area (Å²) >= 11 is 5.79. The number of hydrogen-bond donors (Lipinski definition) is 0. The Morgan fingerprint density at radius 2 is 1.84 bits per heavy atom. The summed E-state index contributed by atoms with van der Waals surface area (Å²) in [4.78, 5) is 14.4. The molecule has 1 amide bonds. The van der Waals surface area contributed by atoms with Gasteiger partial charge in [-0.25, -0.2) is 0 Å². The number of carbonyl (C=O) groups excluding carboxylic acids is 1. The monoisotopic (exact) mass is 279 g/mol. The third kappa shape index (κ3) is 3.50. The second kappa shape index (κ2) is 5.54. The minimum Gasteiger partial charge on any atom is -0.334 e. The molecule has 0 N–H and O–H groups in total. The molecule has 1 fully saturated rings. The summed E-state index contributed by atoms with van der Waals surface area (Å²) in [5, 5.41) is 0. The van der Waals surface area contributed by atoms with Crippen molar-refractivity contribution in [2.75, 3.05) is 12.4 Å². The number of nitrogens with zero attached hydrogens (tertiary/aromatic N) is 1. The van der Waals surface area contributed by atoms with E-state index >= 15 is 0 Å². The fourth-order valence-corrected chi connectivity index (χ4v) is 2.39. The molecule has 3 heteroatoms. The molecule has 0 aromatic heterocycles. The van der Waals surface area contributed by atoms with Crippen molar-refractivity contribution in [2.24, 2.45) is 0 Å². The van der Waals surface area contributed by atoms with Gasteiger partial charge in [-0.1, -0.05) is 32.9 Å². The van der Waals surface area contributed by atoms with Crippen LogP contribution in [0.15, 0.2) is 24.3 Å². The molecule has 0 spiro atoms. The van der Waals surface area contributed by atoms with E-state index in [2.05, 4.69) is 32.9 Å². The molecule has 0 heterocycles. The Balaban J connectivity index is 2.14. The highest BCUT2D eigenvalue weighted by atomic mass is 35.5. The summed E-state index contributed by atoms with van der Waals surface area (Å²) in [7, 11) is 0. The van der Waals surface area contributed by atoms with Crippen molar-refractivity contribution in [3.05, 3.63) is 35.4 Å². The van der Waals surface area contributed by atoms with E-state index in [1.807, 2.05) is 17.0 Å². The fourth-order valence-electron chi connectivity index (χ4n) is 2.21. The second-order valence-corrected chi connectivity index (χ2v) is 6.62. The molecule has 104 valence electrons. The molecular formula is C16H22ClNO. The van der Waals surface area contributed by atoms with Gasteiger partial charge in [0, 0.05) is 24.0 Å². The van der Waals surface area contributed by atoms with Gasteiger partial charge in [-0.05, 0) is 36.0 Å². The van der Waals surface area contributed by atoms with Crippen LogP contribution >= 0.6 is 11.6 Å². The molecule has 0 atom stereocenters. The molecule has 1 aromatic rings. The first kappa shape index (κ1) is 14.4. The molecule has 2 nitrogen and oxygen atoms in total. The van der Waals surface area contributed by atoms with Crippen molar-refractivity contribution in [3.8, 4) is 0 Å². The van der Waals surface area contributed by atoms with Crippen LogP contribution in [0.3, 0.4) is 0 Å². The van der Waals surface area contributed by atoms with Crippen LogP contribution in [0.4, 0.5) is 0 Å². The minimum atomic E-state index is 0.114. The van der Waals surface area contributed by atoms with Crippen LogP contribution in [-0.4, -0.2) is 29.3 Å². The summed E-state index contributed by atoms with van der Waals surface area (Å²) in [6.45, 7) is 7.17. The fraction of sp³-hybridized carbons (Fsp3) is 0.562. The Labute approximate surface area is 120 Å². The predicted octanol–water partition coefficient (Wildman–Crippen LogP) is 3.83. The standard InChI is InChI=1S/C16H22ClNO/c1-16(2,3)13-6-4-12(5-7-13)15(19)18(11-10-17)14-8-9-14/h4-7,14H,8-11H2,1-3H3. The van der Waals surface area contributed by atoms with E-state index in [1.165, 1.54) is 5.56 Å². The molecule has 0 bridgehead atoms. The van der Waals surface area contributed by atoms with Gasteiger partial charge in [-0.3, -0.25) is 4.79 Å². The lowest BCUT2D eigenvalue weighted by atomic mass is 9.86. The van der Waals surface area contributed by atoms with E-state index < -0.39 is 0 Å². The molecule has 0 aliphatic heterocycles. The summed E-state index contributed by atoms with van der Waals surface area (Å²) < 4.78 is 0. The number of rotatable bonds is 4. The highest BCUT2D eigenvalue weighted by Gasteiger charge is 2.32. The summed E-state index contributed by atoms with van der Waals surface area (Å²) in [5.41, 5.74) is 2.14. The average molecular weight is 280 g/mol. The maximum absolute atomic E-state index is 12.4. The zero-order valence-corrected chi connectivity index (χ0v) is 12.7.